The van der Waals surface area contributed by atoms with E-state index in [0.29, 0.717) is 46.7 Å². The molecule has 0 unspecified atom stereocenters. The molecule has 0 aliphatic heterocycles. The second kappa shape index (κ2) is 9.00. The number of aromatic nitrogens is 4. The SMILES string of the molecule is CCOc1cccc(OCC)c1NC(=O)CSc1nnc2c(n1)[nH]c1ccccc12. The Labute approximate surface area is 177 Å². The molecule has 0 spiro atoms. The van der Waals surface area contributed by atoms with Gasteiger partial charge < -0.3 is 19.8 Å². The topological polar surface area (TPSA) is 102 Å². The summed E-state index contributed by atoms with van der Waals surface area (Å²) in [7, 11) is 0. The number of para-hydroxylation sites is 2. The number of ether oxygens (including phenoxy) is 2. The Kier molecular flexibility index (Phi) is 5.99. The molecule has 154 valence electrons. The van der Waals surface area contributed by atoms with E-state index in [-0.39, 0.29) is 11.7 Å². The van der Waals surface area contributed by atoms with Crippen LogP contribution in [0.5, 0.6) is 11.5 Å². The zero-order valence-corrected chi connectivity index (χ0v) is 17.5. The van der Waals surface area contributed by atoms with Crippen LogP contribution in [0.1, 0.15) is 13.8 Å². The van der Waals surface area contributed by atoms with Gasteiger partial charge in [-0.15, -0.1) is 10.2 Å². The molecule has 2 aromatic heterocycles. The summed E-state index contributed by atoms with van der Waals surface area (Å²) >= 11 is 1.21. The molecule has 8 nitrogen and oxygen atoms in total. The maximum absolute atomic E-state index is 12.6. The summed E-state index contributed by atoms with van der Waals surface area (Å²) in [5.74, 6) is 1.05. The molecular formula is C21H21N5O3S. The average Bonchev–Trinajstić information content (AvgIpc) is 3.12. The molecule has 2 N–H and O–H groups in total. The van der Waals surface area contributed by atoms with Gasteiger partial charge in [-0.2, -0.15) is 0 Å². The minimum atomic E-state index is -0.214. The summed E-state index contributed by atoms with van der Waals surface area (Å²) in [6.07, 6.45) is 0. The Morgan fingerprint density at radius 1 is 1.03 bits per heavy atom. The number of carbonyl (C=O) groups is 1. The molecule has 1 amide bonds. The van der Waals surface area contributed by atoms with Gasteiger partial charge in [-0.25, -0.2) is 4.98 Å². The third-order valence-electron chi connectivity index (χ3n) is 4.29. The van der Waals surface area contributed by atoms with E-state index in [2.05, 4.69) is 25.5 Å². The fourth-order valence-corrected chi connectivity index (χ4v) is 3.65. The number of nitrogens with zero attached hydrogens (tertiary/aromatic N) is 3. The Balaban J connectivity index is 1.48. The molecule has 0 saturated heterocycles. The number of amides is 1. The number of anilines is 1. The largest absolute Gasteiger partial charge is 0.492 e. The molecule has 0 saturated carbocycles. The molecule has 4 rings (SSSR count). The number of nitrogens with one attached hydrogen (secondary N) is 2. The van der Waals surface area contributed by atoms with Crippen molar-refractivity contribution in [3.05, 3.63) is 42.5 Å². The quantitative estimate of drug-likeness (QED) is 0.413. The molecule has 4 aromatic rings. The van der Waals surface area contributed by atoms with Gasteiger partial charge in [0.1, 0.15) is 22.7 Å². The van der Waals surface area contributed by atoms with E-state index >= 15 is 0 Å². The molecule has 2 aromatic carbocycles. The maximum atomic E-state index is 12.6. The highest BCUT2D eigenvalue weighted by Gasteiger charge is 2.15. The lowest BCUT2D eigenvalue weighted by Crippen LogP contribution is -2.16. The number of rotatable bonds is 8. The van der Waals surface area contributed by atoms with Crippen molar-refractivity contribution in [3.63, 3.8) is 0 Å². The van der Waals surface area contributed by atoms with Crippen molar-refractivity contribution >= 4 is 45.4 Å². The van der Waals surface area contributed by atoms with E-state index in [1.165, 1.54) is 11.8 Å². The van der Waals surface area contributed by atoms with Crippen LogP contribution in [0.15, 0.2) is 47.6 Å². The van der Waals surface area contributed by atoms with Crippen molar-refractivity contribution in [2.75, 3.05) is 24.3 Å². The summed E-state index contributed by atoms with van der Waals surface area (Å²) in [4.78, 5) is 20.3. The van der Waals surface area contributed by atoms with E-state index in [4.69, 9.17) is 9.47 Å². The van der Waals surface area contributed by atoms with Gasteiger partial charge in [0.2, 0.25) is 11.1 Å². The smallest absolute Gasteiger partial charge is 0.235 e. The van der Waals surface area contributed by atoms with Gasteiger partial charge in [-0.1, -0.05) is 36.0 Å². The van der Waals surface area contributed by atoms with Crippen LogP contribution in [0.2, 0.25) is 0 Å². The Bertz CT molecular complexity index is 1170. The summed E-state index contributed by atoms with van der Waals surface area (Å²) in [6, 6.07) is 13.2. The van der Waals surface area contributed by atoms with Crippen molar-refractivity contribution in [2.45, 2.75) is 19.0 Å². The Morgan fingerprint density at radius 3 is 2.50 bits per heavy atom. The number of H-pyrrole nitrogens is 1. The van der Waals surface area contributed by atoms with Gasteiger partial charge in [0.05, 0.1) is 19.0 Å². The van der Waals surface area contributed by atoms with Gasteiger partial charge in [0, 0.05) is 10.9 Å². The third-order valence-corrected chi connectivity index (χ3v) is 5.12. The summed E-state index contributed by atoms with van der Waals surface area (Å²) in [6.45, 7) is 4.74. The van der Waals surface area contributed by atoms with Crippen LogP contribution in [0.25, 0.3) is 22.1 Å². The maximum Gasteiger partial charge on any atom is 0.235 e. The van der Waals surface area contributed by atoms with Crippen LogP contribution >= 0.6 is 11.8 Å². The summed E-state index contributed by atoms with van der Waals surface area (Å²) in [5, 5.41) is 12.7. The first-order valence-electron chi connectivity index (χ1n) is 9.62. The predicted molar refractivity (Wildman–Crippen MR) is 117 cm³/mol. The number of thioether (sulfide) groups is 1. The number of fused-ring (bicyclic) bond motifs is 3. The first-order chi connectivity index (χ1) is 14.7. The van der Waals surface area contributed by atoms with E-state index in [1.807, 2.05) is 44.2 Å². The highest BCUT2D eigenvalue weighted by Crippen LogP contribution is 2.35. The first kappa shape index (κ1) is 20.0. The molecule has 2 heterocycles. The monoisotopic (exact) mass is 423 g/mol. The molecule has 0 aliphatic rings. The minimum Gasteiger partial charge on any atom is -0.492 e. The molecular weight excluding hydrogens is 402 g/mol. The second-order valence-corrected chi connectivity index (χ2v) is 7.24. The lowest BCUT2D eigenvalue weighted by atomic mass is 10.2. The predicted octanol–water partition coefficient (Wildman–Crippen LogP) is 4.03. The van der Waals surface area contributed by atoms with Gasteiger partial charge in [0.25, 0.3) is 0 Å². The van der Waals surface area contributed by atoms with Crippen LogP contribution in [-0.2, 0) is 4.79 Å². The van der Waals surface area contributed by atoms with E-state index < -0.39 is 0 Å². The average molecular weight is 423 g/mol. The number of benzene rings is 2. The summed E-state index contributed by atoms with van der Waals surface area (Å²) < 4.78 is 11.2. The van der Waals surface area contributed by atoms with Crippen molar-refractivity contribution in [1.29, 1.82) is 0 Å². The Hall–Kier alpha value is -3.33. The number of aromatic amines is 1. The lowest BCUT2D eigenvalue weighted by molar-refractivity contribution is -0.113. The zero-order chi connectivity index (χ0) is 20.9. The zero-order valence-electron chi connectivity index (χ0n) is 16.6. The van der Waals surface area contributed by atoms with Gasteiger partial charge in [0.15, 0.2) is 5.65 Å². The van der Waals surface area contributed by atoms with Gasteiger partial charge in [-0.3, -0.25) is 4.79 Å². The van der Waals surface area contributed by atoms with E-state index in [9.17, 15) is 4.79 Å². The normalized spacial score (nSPS) is 11.0. The fourth-order valence-electron chi connectivity index (χ4n) is 3.06. The standard InChI is InChI=1S/C21H21N5O3S/c1-3-28-15-10-7-11-16(29-4-2)19(15)23-17(27)12-30-21-24-20-18(25-26-21)13-8-5-6-9-14(13)22-20/h5-11H,3-4,12H2,1-2H3,(H,23,27)(H,22,24,26). The van der Waals surface area contributed by atoms with Gasteiger partial charge >= 0.3 is 0 Å². The van der Waals surface area contributed by atoms with Crippen LogP contribution < -0.4 is 14.8 Å². The number of hydrogen-bond acceptors (Lipinski definition) is 7. The molecule has 9 heteroatoms. The van der Waals surface area contributed by atoms with Crippen molar-refractivity contribution in [1.82, 2.24) is 20.2 Å². The van der Waals surface area contributed by atoms with E-state index in [0.717, 1.165) is 10.9 Å². The van der Waals surface area contributed by atoms with Crippen LogP contribution in [0.4, 0.5) is 5.69 Å². The van der Waals surface area contributed by atoms with Crippen molar-refractivity contribution in [2.24, 2.45) is 0 Å². The highest BCUT2D eigenvalue weighted by atomic mass is 32.2. The minimum absolute atomic E-state index is 0.124. The van der Waals surface area contributed by atoms with Crippen LogP contribution in [0, 0.1) is 0 Å². The summed E-state index contributed by atoms with van der Waals surface area (Å²) in [5.41, 5.74) is 2.84. The third kappa shape index (κ3) is 4.16. The highest BCUT2D eigenvalue weighted by molar-refractivity contribution is 7.99. The molecule has 0 atom stereocenters. The van der Waals surface area contributed by atoms with E-state index in [1.54, 1.807) is 12.1 Å². The fraction of sp³-hybridized carbons (Fsp3) is 0.238. The van der Waals surface area contributed by atoms with Crippen LogP contribution in [-0.4, -0.2) is 45.0 Å². The molecule has 0 aliphatic carbocycles. The first-order valence-corrected chi connectivity index (χ1v) is 10.6. The Morgan fingerprint density at radius 2 is 1.77 bits per heavy atom. The molecule has 0 fully saturated rings. The lowest BCUT2D eigenvalue weighted by Gasteiger charge is -2.15. The molecule has 0 radical (unpaired) electrons. The number of carbonyl (C=O) groups excluding carboxylic acids is 1. The van der Waals surface area contributed by atoms with Crippen LogP contribution in [0.3, 0.4) is 0 Å². The number of hydrogen-bond donors (Lipinski definition) is 2. The van der Waals surface area contributed by atoms with Crippen molar-refractivity contribution in [3.8, 4) is 11.5 Å². The molecule has 0 bridgehead atoms. The molecule has 30 heavy (non-hydrogen) atoms. The second-order valence-electron chi connectivity index (χ2n) is 6.29. The van der Waals surface area contributed by atoms with Crippen molar-refractivity contribution < 1.29 is 14.3 Å². The van der Waals surface area contributed by atoms with Gasteiger partial charge in [-0.05, 0) is 32.0 Å².